The fraction of sp³-hybridized carbons (Fsp3) is 0. The topological polar surface area (TPSA) is 17.1 Å². The molecule has 0 rings (SSSR count). The summed E-state index contributed by atoms with van der Waals surface area (Å²) in [6, 6.07) is 0. The third kappa shape index (κ3) is 3.30. The van der Waals surface area contributed by atoms with Gasteiger partial charge in [-0.15, -0.1) is 0 Å². The summed E-state index contributed by atoms with van der Waals surface area (Å²) in [6.45, 7) is 0. The minimum absolute atomic E-state index is 0.465. The van der Waals surface area contributed by atoms with Crippen molar-refractivity contribution in [3.63, 3.8) is 0 Å². The number of halogens is 1. The molecule has 0 aromatic rings. The zero-order valence-corrected chi connectivity index (χ0v) is 7.10. The van der Waals surface area contributed by atoms with Crippen LogP contribution in [-0.4, -0.2) is 23.3 Å². The fourth-order valence-electron chi connectivity index (χ4n) is 0. The number of hydrogen-bond donors (Lipinski definition) is 0. The summed E-state index contributed by atoms with van der Waals surface area (Å²) in [6.07, 6.45) is 0. The van der Waals surface area contributed by atoms with Gasteiger partial charge in [-0.1, -0.05) is 0 Å². The molecule has 0 atom stereocenters. The van der Waals surface area contributed by atoms with E-state index in [1.807, 2.05) is 0 Å². The molecule has 0 radical (unpaired) electrons. The molecule has 0 N–H and O–H groups in total. The molecule has 0 aliphatic carbocycles. The number of hydrogen-bond acceptors (Lipinski definition) is 1. The van der Waals surface area contributed by atoms with Gasteiger partial charge in [0.2, 0.25) is 0 Å². The molecule has 0 unspecified atom stereocenters. The van der Waals surface area contributed by atoms with Gasteiger partial charge in [0.25, 0.3) is 0 Å². The van der Waals surface area contributed by atoms with Crippen LogP contribution in [0.3, 0.4) is 0 Å². The van der Waals surface area contributed by atoms with Gasteiger partial charge in [0.05, 0.1) is 0 Å². The predicted octanol–water partition coefficient (Wildman–Crippen LogP) is 0.231. The van der Waals surface area contributed by atoms with Gasteiger partial charge in [0.1, 0.15) is 0 Å². The molecule has 0 aromatic heterocycles. The van der Waals surface area contributed by atoms with Gasteiger partial charge in [-0.3, -0.25) is 0 Å². The predicted molar refractivity (Wildman–Crippen MR) is 26.5 cm³/mol. The van der Waals surface area contributed by atoms with E-state index >= 15 is 0 Å². The van der Waals surface area contributed by atoms with Crippen LogP contribution in [0.15, 0.2) is 0 Å². The molecule has 3 heteroatoms. The molecule has 0 heterocycles. The first-order valence-corrected chi connectivity index (χ1v) is 11.4. The summed E-state index contributed by atoms with van der Waals surface area (Å²) in [4.78, 5) is 9.24. The van der Waals surface area contributed by atoms with E-state index in [0.717, 1.165) is 3.94 Å². The van der Waals surface area contributed by atoms with Crippen LogP contribution in [0.5, 0.6) is 0 Å². The fourth-order valence-corrected chi connectivity index (χ4v) is 0. The van der Waals surface area contributed by atoms with Gasteiger partial charge in [-0.2, -0.15) is 0 Å². The molecule has 0 saturated carbocycles. The third-order valence-corrected chi connectivity index (χ3v) is 2.14. The monoisotopic (exact) mass is 365 g/mol. The van der Waals surface area contributed by atoms with Crippen LogP contribution in [0.25, 0.3) is 0 Å². The van der Waals surface area contributed by atoms with E-state index in [1.54, 1.807) is 0 Å². The zero-order chi connectivity index (χ0) is 3.41. The van der Waals surface area contributed by atoms with Crippen molar-refractivity contribution in [1.29, 1.82) is 0 Å². The van der Waals surface area contributed by atoms with Crippen molar-refractivity contribution in [2.24, 2.45) is 0 Å². The van der Waals surface area contributed by atoms with Crippen LogP contribution < -0.4 is 0 Å². The number of rotatable bonds is 1. The van der Waals surface area contributed by atoms with E-state index in [-0.39, 0.29) is 0 Å². The molecule has 0 aromatic carbocycles. The van der Waals surface area contributed by atoms with Gasteiger partial charge in [-0.25, -0.2) is 0 Å². The number of carbonyl (C=O) groups is 1. The Morgan fingerprint density at radius 1 is 2.00 bits per heavy atom. The Morgan fingerprint density at radius 2 is 2.25 bits per heavy atom. The van der Waals surface area contributed by atoms with Crippen LogP contribution in [0, 0.1) is 0 Å². The van der Waals surface area contributed by atoms with Gasteiger partial charge in [-0.05, 0) is 0 Å². The van der Waals surface area contributed by atoms with E-state index < -0.39 is 19.3 Å². The first kappa shape index (κ1) is 5.30. The van der Waals surface area contributed by atoms with E-state index in [1.165, 1.54) is 0 Å². The quantitative estimate of drug-likeness (QED) is 0.481. The van der Waals surface area contributed by atoms with Crippen LogP contribution in [0.2, 0.25) is 0 Å². The SMILES string of the molecule is O=[CH][Po][I]. The van der Waals surface area contributed by atoms with E-state index in [4.69, 9.17) is 0 Å². The molecule has 1 nitrogen and oxygen atoms in total. The van der Waals surface area contributed by atoms with E-state index in [0.29, 0.717) is 0 Å². The average Bonchev–Trinajstić information content (AvgIpc) is 1.37. The Hall–Kier alpha value is 1.30. The van der Waals surface area contributed by atoms with Crippen molar-refractivity contribution in [3.05, 3.63) is 0 Å². The standard InChI is InChI=1S/CHO.HI.Po/c1-2;;/h1H;1H;/q;;+1/p-1. The van der Waals surface area contributed by atoms with Crippen LogP contribution >= 0.6 is 18.0 Å². The molecular weight excluding hydrogens is 364 g/mol. The molecule has 0 spiro atoms. The van der Waals surface area contributed by atoms with Gasteiger partial charge in [0.15, 0.2) is 0 Å². The van der Waals surface area contributed by atoms with Gasteiger partial charge < -0.3 is 0 Å². The molecule has 0 amide bonds. The summed E-state index contributed by atoms with van der Waals surface area (Å²) >= 11 is 1.68. The van der Waals surface area contributed by atoms with Crippen molar-refractivity contribution < 1.29 is 4.79 Å². The summed E-state index contributed by atoms with van der Waals surface area (Å²) in [5, 5.41) is 0. The molecule has 0 saturated heterocycles. The molecule has 0 aliphatic rings. The maximum absolute atomic E-state index is 9.24. The zero-order valence-electron chi connectivity index (χ0n) is 1.77. The van der Waals surface area contributed by atoms with Crippen LogP contribution in [-0.2, 0) is 4.79 Å². The van der Waals surface area contributed by atoms with Crippen molar-refractivity contribution in [3.8, 4) is 0 Å². The Bertz CT molecular complexity index is 22.0. The Balaban J connectivity index is 2.30. The minimum atomic E-state index is -0.465. The van der Waals surface area contributed by atoms with E-state index in [9.17, 15) is 4.79 Å². The van der Waals surface area contributed by atoms with Crippen molar-refractivity contribution in [2.75, 3.05) is 0 Å². The summed E-state index contributed by atoms with van der Waals surface area (Å²) in [5.74, 6) is 0. The molecule has 0 aliphatic heterocycles. The first-order chi connectivity index (χ1) is 1.91. The van der Waals surface area contributed by atoms with Crippen LogP contribution in [0.1, 0.15) is 0 Å². The third-order valence-electron chi connectivity index (χ3n) is 0.0364. The van der Waals surface area contributed by atoms with Gasteiger partial charge in [0, 0.05) is 0 Å². The second-order valence-electron chi connectivity index (χ2n) is 0.185. The molecule has 4 heavy (non-hydrogen) atoms. The Kier molecular flexibility index (Phi) is 5.69. The Morgan fingerprint density at radius 3 is 2.25 bits per heavy atom. The summed E-state index contributed by atoms with van der Waals surface area (Å²) in [7, 11) is 0. The Labute approximate surface area is 45.5 Å². The second kappa shape index (κ2) is 4.30. The number of carbonyl (C=O) groups excluding carboxylic acids is 1. The normalized spacial score (nSPS) is 6.25. The molecule has 0 bridgehead atoms. The van der Waals surface area contributed by atoms with Crippen molar-refractivity contribution in [2.45, 2.75) is 0 Å². The van der Waals surface area contributed by atoms with Crippen molar-refractivity contribution >= 4 is 41.2 Å². The summed E-state index contributed by atoms with van der Waals surface area (Å²) < 4.78 is 1.03. The van der Waals surface area contributed by atoms with E-state index in [2.05, 4.69) is 18.0 Å². The summed E-state index contributed by atoms with van der Waals surface area (Å²) in [5.41, 5.74) is 0. The first-order valence-electron chi connectivity index (χ1n) is 0.626. The van der Waals surface area contributed by atoms with Gasteiger partial charge >= 0.3 is 46.0 Å². The maximum atomic E-state index is 9.24. The second-order valence-corrected chi connectivity index (χ2v) is 6.09. The molecule has 24 valence electrons. The molecule has 0 fully saturated rings. The van der Waals surface area contributed by atoms with Crippen LogP contribution in [0.4, 0.5) is 0 Å². The average molecular weight is 365 g/mol. The van der Waals surface area contributed by atoms with Crippen molar-refractivity contribution in [1.82, 2.24) is 0 Å². The molecular formula is CHIOPo.